The standard InChI is InChI=1S/C13H19NO/c1-10(2)11-5-7-12(8-6-11)14-9-3-4-13(14)15/h5,7-8,10-11H,3-4,6,9H2,1-2H3. The third kappa shape index (κ3) is 2.14. The Bertz CT molecular complexity index is 314. The zero-order chi connectivity index (χ0) is 10.8. The molecule has 0 bridgehead atoms. The highest BCUT2D eigenvalue weighted by Crippen LogP contribution is 2.26. The van der Waals surface area contributed by atoms with Crippen LogP contribution in [0.3, 0.4) is 0 Å². The fourth-order valence-electron chi connectivity index (χ4n) is 2.24. The van der Waals surface area contributed by atoms with E-state index in [1.165, 1.54) is 0 Å². The molecule has 0 N–H and O–H groups in total. The Kier molecular flexibility index (Phi) is 2.94. The minimum Gasteiger partial charge on any atom is -0.313 e. The quantitative estimate of drug-likeness (QED) is 0.678. The van der Waals surface area contributed by atoms with Gasteiger partial charge in [0.05, 0.1) is 0 Å². The lowest BCUT2D eigenvalue weighted by molar-refractivity contribution is -0.125. The average Bonchev–Trinajstić information content (AvgIpc) is 2.65. The summed E-state index contributed by atoms with van der Waals surface area (Å²) in [5.41, 5.74) is 1.12. The zero-order valence-corrected chi connectivity index (χ0v) is 9.57. The topological polar surface area (TPSA) is 20.3 Å². The largest absolute Gasteiger partial charge is 0.313 e. The SMILES string of the molecule is CC(C)C1C=CC(N2CCCC2=O)=CC1. The molecule has 1 fully saturated rings. The summed E-state index contributed by atoms with van der Waals surface area (Å²) < 4.78 is 0. The molecule has 1 heterocycles. The van der Waals surface area contributed by atoms with Crippen molar-refractivity contribution in [2.24, 2.45) is 11.8 Å². The van der Waals surface area contributed by atoms with Gasteiger partial charge in [-0.25, -0.2) is 0 Å². The van der Waals surface area contributed by atoms with Gasteiger partial charge in [0.2, 0.25) is 5.91 Å². The Morgan fingerprint density at radius 1 is 1.47 bits per heavy atom. The molecule has 1 aliphatic heterocycles. The van der Waals surface area contributed by atoms with Crippen molar-refractivity contribution in [1.29, 1.82) is 0 Å². The molecule has 0 spiro atoms. The zero-order valence-electron chi connectivity index (χ0n) is 9.57. The molecule has 82 valence electrons. The number of nitrogens with zero attached hydrogens (tertiary/aromatic N) is 1. The maximum absolute atomic E-state index is 11.5. The Labute approximate surface area is 91.6 Å². The van der Waals surface area contributed by atoms with Gasteiger partial charge in [0, 0.05) is 18.7 Å². The highest BCUT2D eigenvalue weighted by molar-refractivity contribution is 5.80. The fourth-order valence-corrected chi connectivity index (χ4v) is 2.24. The van der Waals surface area contributed by atoms with Crippen LogP contribution in [0.15, 0.2) is 23.9 Å². The van der Waals surface area contributed by atoms with Crippen LogP contribution in [0.1, 0.15) is 33.1 Å². The van der Waals surface area contributed by atoms with Crippen LogP contribution in [0.4, 0.5) is 0 Å². The molecule has 1 saturated heterocycles. The van der Waals surface area contributed by atoms with Crippen molar-refractivity contribution in [3.05, 3.63) is 23.9 Å². The van der Waals surface area contributed by atoms with Crippen molar-refractivity contribution >= 4 is 5.91 Å². The van der Waals surface area contributed by atoms with Crippen LogP contribution < -0.4 is 0 Å². The maximum Gasteiger partial charge on any atom is 0.227 e. The molecular formula is C13H19NO. The third-order valence-electron chi connectivity index (χ3n) is 3.35. The van der Waals surface area contributed by atoms with Gasteiger partial charge in [-0.1, -0.05) is 26.0 Å². The molecule has 0 aromatic rings. The summed E-state index contributed by atoms with van der Waals surface area (Å²) in [6, 6.07) is 0. The Hall–Kier alpha value is -1.05. The maximum atomic E-state index is 11.5. The number of hydrogen-bond donors (Lipinski definition) is 0. The molecule has 1 aliphatic carbocycles. The van der Waals surface area contributed by atoms with Crippen molar-refractivity contribution < 1.29 is 4.79 Å². The fraction of sp³-hybridized carbons (Fsp3) is 0.615. The molecule has 2 nitrogen and oxygen atoms in total. The van der Waals surface area contributed by atoms with Crippen molar-refractivity contribution in [1.82, 2.24) is 4.90 Å². The van der Waals surface area contributed by atoms with Crippen molar-refractivity contribution in [3.63, 3.8) is 0 Å². The summed E-state index contributed by atoms with van der Waals surface area (Å²) in [5.74, 6) is 1.62. The normalized spacial score (nSPS) is 26.3. The second kappa shape index (κ2) is 4.21. The van der Waals surface area contributed by atoms with Gasteiger partial charge in [0.15, 0.2) is 0 Å². The number of likely N-dealkylation sites (tertiary alicyclic amines) is 1. The van der Waals surface area contributed by atoms with E-state index in [-0.39, 0.29) is 5.91 Å². The van der Waals surface area contributed by atoms with Crippen molar-refractivity contribution in [2.45, 2.75) is 33.1 Å². The van der Waals surface area contributed by atoms with Crippen LogP contribution in [-0.4, -0.2) is 17.4 Å². The van der Waals surface area contributed by atoms with Crippen molar-refractivity contribution in [3.8, 4) is 0 Å². The first-order chi connectivity index (χ1) is 7.18. The van der Waals surface area contributed by atoms with E-state index >= 15 is 0 Å². The Morgan fingerprint density at radius 3 is 2.73 bits per heavy atom. The van der Waals surface area contributed by atoms with E-state index in [9.17, 15) is 4.79 Å². The second-order valence-electron chi connectivity index (χ2n) is 4.78. The summed E-state index contributed by atoms with van der Waals surface area (Å²) in [6.45, 7) is 5.39. The lowest BCUT2D eigenvalue weighted by atomic mass is 9.89. The molecule has 2 rings (SSSR count). The molecule has 0 aromatic heterocycles. The van der Waals surface area contributed by atoms with E-state index in [1.807, 2.05) is 4.90 Å². The molecule has 0 saturated carbocycles. The predicted octanol–water partition coefficient (Wildman–Crippen LogP) is 2.72. The van der Waals surface area contributed by atoms with Gasteiger partial charge >= 0.3 is 0 Å². The first-order valence-electron chi connectivity index (χ1n) is 5.87. The molecule has 0 radical (unpaired) electrons. The van der Waals surface area contributed by atoms with E-state index in [2.05, 4.69) is 32.1 Å². The Morgan fingerprint density at radius 2 is 2.27 bits per heavy atom. The third-order valence-corrected chi connectivity index (χ3v) is 3.35. The van der Waals surface area contributed by atoms with Crippen molar-refractivity contribution in [2.75, 3.05) is 6.54 Å². The van der Waals surface area contributed by atoms with Crippen LogP contribution in [0.2, 0.25) is 0 Å². The van der Waals surface area contributed by atoms with Gasteiger partial charge < -0.3 is 4.90 Å². The lowest BCUT2D eigenvalue weighted by Gasteiger charge is -2.24. The van der Waals surface area contributed by atoms with E-state index in [0.717, 1.165) is 31.5 Å². The summed E-state index contributed by atoms with van der Waals surface area (Å²) in [4.78, 5) is 13.5. The minimum atomic E-state index is 0.286. The van der Waals surface area contributed by atoms with Crippen LogP contribution in [0.5, 0.6) is 0 Å². The van der Waals surface area contributed by atoms with E-state index in [1.54, 1.807) is 0 Å². The van der Waals surface area contributed by atoms with Gasteiger partial charge in [-0.05, 0) is 30.8 Å². The van der Waals surface area contributed by atoms with Gasteiger partial charge in [-0.15, -0.1) is 0 Å². The first-order valence-corrected chi connectivity index (χ1v) is 5.87. The van der Waals surface area contributed by atoms with Gasteiger partial charge in [0.1, 0.15) is 0 Å². The summed E-state index contributed by atoms with van der Waals surface area (Å²) in [7, 11) is 0. The number of amides is 1. The van der Waals surface area contributed by atoms with Gasteiger partial charge in [-0.2, -0.15) is 0 Å². The molecule has 2 aliphatic rings. The predicted molar refractivity (Wildman–Crippen MR) is 61.1 cm³/mol. The van der Waals surface area contributed by atoms with E-state index < -0.39 is 0 Å². The van der Waals surface area contributed by atoms with Gasteiger partial charge in [0.25, 0.3) is 0 Å². The number of hydrogen-bond acceptors (Lipinski definition) is 1. The molecule has 1 amide bonds. The highest BCUT2D eigenvalue weighted by Gasteiger charge is 2.24. The molecule has 2 heteroatoms. The molecule has 1 atom stereocenters. The van der Waals surface area contributed by atoms with Crippen LogP contribution >= 0.6 is 0 Å². The number of carbonyl (C=O) groups is 1. The summed E-state index contributed by atoms with van der Waals surface area (Å²) >= 11 is 0. The van der Waals surface area contributed by atoms with E-state index in [0.29, 0.717) is 11.8 Å². The smallest absolute Gasteiger partial charge is 0.227 e. The Balaban J connectivity index is 2.02. The van der Waals surface area contributed by atoms with E-state index in [4.69, 9.17) is 0 Å². The molecule has 1 unspecified atom stereocenters. The monoisotopic (exact) mass is 205 g/mol. The summed E-state index contributed by atoms with van der Waals surface area (Å²) in [6.07, 6.45) is 9.40. The molecule has 0 aromatic carbocycles. The second-order valence-corrected chi connectivity index (χ2v) is 4.78. The van der Waals surface area contributed by atoms with Gasteiger partial charge in [-0.3, -0.25) is 4.79 Å². The average molecular weight is 205 g/mol. The first kappa shape index (κ1) is 10.5. The summed E-state index contributed by atoms with van der Waals surface area (Å²) in [5, 5.41) is 0. The number of carbonyl (C=O) groups excluding carboxylic acids is 1. The molecular weight excluding hydrogens is 186 g/mol. The highest BCUT2D eigenvalue weighted by atomic mass is 16.2. The van der Waals surface area contributed by atoms with Crippen LogP contribution in [0, 0.1) is 11.8 Å². The minimum absolute atomic E-state index is 0.286. The molecule has 15 heavy (non-hydrogen) atoms. The van der Waals surface area contributed by atoms with Crippen LogP contribution in [-0.2, 0) is 4.79 Å². The lowest BCUT2D eigenvalue weighted by Crippen LogP contribution is -2.24. The van der Waals surface area contributed by atoms with Crippen LogP contribution in [0.25, 0.3) is 0 Å². The number of allylic oxidation sites excluding steroid dienone is 3. The number of rotatable bonds is 2.